The summed E-state index contributed by atoms with van der Waals surface area (Å²) in [5, 5.41) is 2.79. The van der Waals surface area contributed by atoms with Crippen LogP contribution < -0.4 is 19.5 Å². The molecule has 0 radical (unpaired) electrons. The van der Waals surface area contributed by atoms with E-state index in [2.05, 4.69) is 5.32 Å². The lowest BCUT2D eigenvalue weighted by atomic mass is 10.2. The maximum atomic E-state index is 12.1. The second kappa shape index (κ2) is 7.36. The van der Waals surface area contributed by atoms with E-state index in [0.717, 1.165) is 5.75 Å². The fraction of sp³-hybridized carbons (Fsp3) is 0.235. The van der Waals surface area contributed by atoms with Gasteiger partial charge < -0.3 is 19.5 Å². The summed E-state index contributed by atoms with van der Waals surface area (Å²) in [4.78, 5) is 12.1. The molecule has 1 amide bonds. The van der Waals surface area contributed by atoms with Gasteiger partial charge in [-0.2, -0.15) is 0 Å². The average molecular weight is 301 g/mol. The summed E-state index contributed by atoms with van der Waals surface area (Å²) in [6.45, 7) is 1.69. The van der Waals surface area contributed by atoms with Gasteiger partial charge in [-0.15, -0.1) is 0 Å². The third kappa shape index (κ3) is 4.15. The highest BCUT2D eigenvalue weighted by molar-refractivity contribution is 5.94. The Bertz CT molecular complexity index is 625. The first-order chi connectivity index (χ1) is 10.6. The fourth-order valence-corrected chi connectivity index (χ4v) is 1.86. The normalized spacial score (nSPS) is 11.4. The summed E-state index contributed by atoms with van der Waals surface area (Å²) < 4.78 is 15.8. The van der Waals surface area contributed by atoms with Crippen molar-refractivity contribution >= 4 is 11.6 Å². The Labute approximate surface area is 129 Å². The van der Waals surface area contributed by atoms with Crippen LogP contribution in [0.5, 0.6) is 17.2 Å². The van der Waals surface area contributed by atoms with Crippen LogP contribution in [-0.2, 0) is 4.79 Å². The summed E-state index contributed by atoms with van der Waals surface area (Å²) in [7, 11) is 3.18. The number of anilines is 1. The zero-order valence-electron chi connectivity index (χ0n) is 12.8. The molecular weight excluding hydrogens is 282 g/mol. The minimum atomic E-state index is -0.625. The smallest absolute Gasteiger partial charge is 0.265 e. The molecule has 0 aliphatic heterocycles. The van der Waals surface area contributed by atoms with Gasteiger partial charge in [0.1, 0.15) is 17.2 Å². The van der Waals surface area contributed by atoms with Gasteiger partial charge in [-0.3, -0.25) is 4.79 Å². The SMILES string of the molecule is COc1ccc(O[C@H](C)C(=O)Nc2cccc(OC)c2)cc1. The van der Waals surface area contributed by atoms with E-state index >= 15 is 0 Å². The Balaban J connectivity index is 1.96. The van der Waals surface area contributed by atoms with Crippen molar-refractivity contribution in [2.75, 3.05) is 19.5 Å². The second-order valence-corrected chi connectivity index (χ2v) is 4.66. The Morgan fingerprint density at radius 3 is 2.23 bits per heavy atom. The zero-order valence-corrected chi connectivity index (χ0v) is 12.8. The molecule has 1 atom stereocenters. The molecule has 0 saturated carbocycles. The van der Waals surface area contributed by atoms with Crippen molar-refractivity contribution in [3.8, 4) is 17.2 Å². The number of carbonyl (C=O) groups is 1. The molecule has 2 aromatic carbocycles. The first-order valence-electron chi connectivity index (χ1n) is 6.88. The van der Waals surface area contributed by atoms with Crippen LogP contribution in [0.4, 0.5) is 5.69 Å². The molecule has 0 aliphatic carbocycles. The molecule has 0 fully saturated rings. The van der Waals surface area contributed by atoms with Crippen molar-refractivity contribution in [2.24, 2.45) is 0 Å². The molecule has 0 aromatic heterocycles. The first kappa shape index (κ1) is 15.7. The lowest BCUT2D eigenvalue weighted by Gasteiger charge is -2.15. The van der Waals surface area contributed by atoms with Crippen molar-refractivity contribution in [3.05, 3.63) is 48.5 Å². The third-order valence-corrected chi connectivity index (χ3v) is 3.08. The van der Waals surface area contributed by atoms with Gasteiger partial charge in [-0.05, 0) is 43.3 Å². The molecule has 22 heavy (non-hydrogen) atoms. The van der Waals surface area contributed by atoms with Crippen molar-refractivity contribution in [1.82, 2.24) is 0 Å². The molecule has 116 valence electrons. The quantitative estimate of drug-likeness (QED) is 0.890. The van der Waals surface area contributed by atoms with Crippen LogP contribution in [0.1, 0.15) is 6.92 Å². The van der Waals surface area contributed by atoms with Gasteiger partial charge >= 0.3 is 0 Å². The van der Waals surface area contributed by atoms with E-state index in [1.165, 1.54) is 0 Å². The van der Waals surface area contributed by atoms with Gasteiger partial charge in [-0.25, -0.2) is 0 Å². The van der Waals surface area contributed by atoms with Gasteiger partial charge in [0.2, 0.25) is 0 Å². The maximum absolute atomic E-state index is 12.1. The van der Waals surface area contributed by atoms with E-state index in [9.17, 15) is 4.79 Å². The minimum Gasteiger partial charge on any atom is -0.497 e. The van der Waals surface area contributed by atoms with E-state index in [4.69, 9.17) is 14.2 Å². The molecule has 2 rings (SSSR count). The number of rotatable bonds is 6. The van der Waals surface area contributed by atoms with E-state index in [-0.39, 0.29) is 5.91 Å². The van der Waals surface area contributed by atoms with Crippen molar-refractivity contribution in [2.45, 2.75) is 13.0 Å². The van der Waals surface area contributed by atoms with Gasteiger partial charge in [0.15, 0.2) is 6.10 Å². The van der Waals surface area contributed by atoms with E-state index in [1.807, 2.05) is 12.1 Å². The van der Waals surface area contributed by atoms with Gasteiger partial charge in [0.05, 0.1) is 14.2 Å². The molecule has 5 heteroatoms. The van der Waals surface area contributed by atoms with Crippen LogP contribution in [0.3, 0.4) is 0 Å². The fourth-order valence-electron chi connectivity index (χ4n) is 1.86. The van der Waals surface area contributed by atoms with Crippen LogP contribution in [0.15, 0.2) is 48.5 Å². The number of benzene rings is 2. The third-order valence-electron chi connectivity index (χ3n) is 3.08. The second-order valence-electron chi connectivity index (χ2n) is 4.66. The number of carbonyl (C=O) groups excluding carboxylic acids is 1. The minimum absolute atomic E-state index is 0.232. The number of ether oxygens (including phenoxy) is 3. The standard InChI is InChI=1S/C17H19NO4/c1-12(22-15-9-7-14(20-2)8-10-15)17(19)18-13-5-4-6-16(11-13)21-3/h4-12H,1-3H3,(H,18,19)/t12-/m1/s1. The molecule has 0 aliphatic rings. The highest BCUT2D eigenvalue weighted by Gasteiger charge is 2.15. The molecule has 1 N–H and O–H groups in total. The van der Waals surface area contributed by atoms with Crippen molar-refractivity contribution < 1.29 is 19.0 Å². The number of hydrogen-bond donors (Lipinski definition) is 1. The van der Waals surface area contributed by atoms with Crippen LogP contribution in [-0.4, -0.2) is 26.2 Å². The average Bonchev–Trinajstić information content (AvgIpc) is 2.55. The number of amides is 1. The number of methoxy groups -OCH3 is 2. The maximum Gasteiger partial charge on any atom is 0.265 e. The van der Waals surface area contributed by atoms with E-state index < -0.39 is 6.10 Å². The Morgan fingerprint density at radius 2 is 1.59 bits per heavy atom. The molecule has 0 saturated heterocycles. The predicted molar refractivity (Wildman–Crippen MR) is 84.7 cm³/mol. The molecule has 2 aromatic rings. The van der Waals surface area contributed by atoms with Crippen LogP contribution in [0.2, 0.25) is 0 Å². The highest BCUT2D eigenvalue weighted by atomic mass is 16.5. The van der Waals surface area contributed by atoms with Gasteiger partial charge in [0, 0.05) is 11.8 Å². The molecule has 5 nitrogen and oxygen atoms in total. The van der Waals surface area contributed by atoms with Crippen LogP contribution >= 0.6 is 0 Å². The highest BCUT2D eigenvalue weighted by Crippen LogP contribution is 2.20. The summed E-state index contributed by atoms with van der Waals surface area (Å²) >= 11 is 0. The van der Waals surface area contributed by atoms with Crippen LogP contribution in [0.25, 0.3) is 0 Å². The number of hydrogen-bond acceptors (Lipinski definition) is 4. The van der Waals surface area contributed by atoms with E-state index in [1.54, 1.807) is 57.5 Å². The zero-order chi connectivity index (χ0) is 15.9. The van der Waals surface area contributed by atoms with Crippen LogP contribution in [0, 0.1) is 0 Å². The summed E-state index contributed by atoms with van der Waals surface area (Å²) in [6, 6.07) is 14.2. The Morgan fingerprint density at radius 1 is 0.955 bits per heavy atom. The largest absolute Gasteiger partial charge is 0.497 e. The molecule has 0 spiro atoms. The monoisotopic (exact) mass is 301 g/mol. The van der Waals surface area contributed by atoms with Gasteiger partial charge in [0.25, 0.3) is 5.91 Å². The molecular formula is C17H19NO4. The molecule has 0 unspecified atom stereocenters. The van der Waals surface area contributed by atoms with E-state index in [0.29, 0.717) is 17.2 Å². The lowest BCUT2D eigenvalue weighted by Crippen LogP contribution is -2.30. The summed E-state index contributed by atoms with van der Waals surface area (Å²) in [5.41, 5.74) is 0.662. The van der Waals surface area contributed by atoms with Crippen molar-refractivity contribution in [1.29, 1.82) is 0 Å². The van der Waals surface area contributed by atoms with Gasteiger partial charge in [-0.1, -0.05) is 6.07 Å². The van der Waals surface area contributed by atoms with Crippen molar-refractivity contribution in [3.63, 3.8) is 0 Å². The Hall–Kier alpha value is -2.69. The topological polar surface area (TPSA) is 56.8 Å². The first-order valence-corrected chi connectivity index (χ1v) is 6.88. The predicted octanol–water partition coefficient (Wildman–Crippen LogP) is 3.11. The summed E-state index contributed by atoms with van der Waals surface area (Å²) in [6.07, 6.45) is -0.625. The lowest BCUT2D eigenvalue weighted by molar-refractivity contribution is -0.122. The Kier molecular flexibility index (Phi) is 5.25. The summed E-state index contributed by atoms with van der Waals surface area (Å²) in [5.74, 6) is 1.79. The molecule has 0 heterocycles. The number of nitrogens with one attached hydrogen (secondary N) is 1. The molecule has 0 bridgehead atoms.